The fourth-order valence-electron chi connectivity index (χ4n) is 2.08. The first kappa shape index (κ1) is 13.1. The standard InChI is InChI=1S/C13H13F3O2/c1-8-5-10(7-18-8)12(17)9-3-2-4-11(6-9)13(14,15)16/h2-4,6,8,10H,5,7H2,1H3. The molecule has 1 aliphatic rings. The average Bonchev–Trinajstić information content (AvgIpc) is 2.74. The molecule has 98 valence electrons. The Morgan fingerprint density at radius 1 is 1.39 bits per heavy atom. The summed E-state index contributed by atoms with van der Waals surface area (Å²) in [6.07, 6.45) is -3.87. The summed E-state index contributed by atoms with van der Waals surface area (Å²) in [5, 5.41) is 0. The fraction of sp³-hybridized carbons (Fsp3) is 0.462. The Morgan fingerprint density at radius 3 is 2.67 bits per heavy atom. The molecular formula is C13H13F3O2. The molecule has 2 rings (SSSR count). The molecule has 1 aromatic rings. The molecular weight excluding hydrogens is 245 g/mol. The highest BCUT2D eigenvalue weighted by Gasteiger charge is 2.33. The molecule has 0 N–H and O–H groups in total. The Hall–Kier alpha value is -1.36. The van der Waals surface area contributed by atoms with Crippen molar-refractivity contribution in [3.8, 4) is 0 Å². The van der Waals surface area contributed by atoms with E-state index in [1.54, 1.807) is 0 Å². The number of Topliss-reactive ketones (excluding diaryl/α,β-unsaturated/α-hetero) is 1. The van der Waals surface area contributed by atoms with Crippen LogP contribution in [0.15, 0.2) is 24.3 Å². The predicted molar refractivity (Wildman–Crippen MR) is 59.3 cm³/mol. The van der Waals surface area contributed by atoms with Crippen LogP contribution in [0.3, 0.4) is 0 Å². The topological polar surface area (TPSA) is 26.3 Å². The summed E-state index contributed by atoms with van der Waals surface area (Å²) in [6.45, 7) is 2.13. The van der Waals surface area contributed by atoms with Crippen molar-refractivity contribution in [2.24, 2.45) is 5.92 Å². The van der Waals surface area contributed by atoms with Crippen molar-refractivity contribution in [3.63, 3.8) is 0 Å². The van der Waals surface area contributed by atoms with E-state index in [0.717, 1.165) is 12.1 Å². The fourth-order valence-corrected chi connectivity index (χ4v) is 2.08. The van der Waals surface area contributed by atoms with Crippen LogP contribution in [-0.2, 0) is 10.9 Å². The lowest BCUT2D eigenvalue weighted by Gasteiger charge is -2.10. The van der Waals surface area contributed by atoms with E-state index in [1.165, 1.54) is 12.1 Å². The summed E-state index contributed by atoms with van der Waals surface area (Å²) < 4.78 is 42.9. The minimum absolute atomic E-state index is 0.00949. The van der Waals surface area contributed by atoms with Gasteiger partial charge in [0, 0.05) is 11.5 Å². The molecule has 1 fully saturated rings. The van der Waals surface area contributed by atoms with Crippen molar-refractivity contribution >= 4 is 5.78 Å². The van der Waals surface area contributed by atoms with E-state index in [-0.39, 0.29) is 30.0 Å². The van der Waals surface area contributed by atoms with Crippen LogP contribution in [0.4, 0.5) is 13.2 Å². The average molecular weight is 258 g/mol. The summed E-state index contributed by atoms with van der Waals surface area (Å²) >= 11 is 0. The van der Waals surface area contributed by atoms with E-state index in [2.05, 4.69) is 0 Å². The number of benzene rings is 1. The van der Waals surface area contributed by atoms with Crippen LogP contribution in [0.1, 0.15) is 29.3 Å². The molecule has 1 heterocycles. The van der Waals surface area contributed by atoms with E-state index in [0.29, 0.717) is 6.42 Å². The van der Waals surface area contributed by atoms with Gasteiger partial charge in [0.15, 0.2) is 5.78 Å². The second kappa shape index (κ2) is 4.72. The molecule has 0 aromatic heterocycles. The van der Waals surface area contributed by atoms with Crippen LogP contribution in [0.25, 0.3) is 0 Å². The molecule has 0 radical (unpaired) electrons. The molecule has 0 saturated carbocycles. The first-order valence-electron chi connectivity index (χ1n) is 5.71. The zero-order valence-electron chi connectivity index (χ0n) is 9.83. The van der Waals surface area contributed by atoms with Crippen LogP contribution in [-0.4, -0.2) is 18.5 Å². The van der Waals surface area contributed by atoms with Gasteiger partial charge in [-0.05, 0) is 25.5 Å². The number of hydrogen-bond acceptors (Lipinski definition) is 2. The molecule has 18 heavy (non-hydrogen) atoms. The minimum Gasteiger partial charge on any atom is -0.378 e. The molecule has 5 heteroatoms. The van der Waals surface area contributed by atoms with Gasteiger partial charge >= 0.3 is 6.18 Å². The minimum atomic E-state index is -4.42. The molecule has 0 bridgehead atoms. The molecule has 0 aliphatic carbocycles. The Morgan fingerprint density at radius 2 is 2.11 bits per heavy atom. The third-order valence-corrected chi connectivity index (χ3v) is 3.04. The van der Waals surface area contributed by atoms with Gasteiger partial charge in [0.2, 0.25) is 0 Å². The number of hydrogen-bond donors (Lipinski definition) is 0. The summed E-state index contributed by atoms with van der Waals surface area (Å²) in [6, 6.07) is 4.55. The molecule has 2 atom stereocenters. The van der Waals surface area contributed by atoms with Crippen LogP contribution < -0.4 is 0 Å². The first-order valence-corrected chi connectivity index (χ1v) is 5.71. The maximum absolute atomic E-state index is 12.5. The SMILES string of the molecule is CC1CC(C(=O)c2cccc(C(F)(F)F)c2)CO1. The molecule has 0 amide bonds. The van der Waals surface area contributed by atoms with Gasteiger partial charge in [0.25, 0.3) is 0 Å². The van der Waals surface area contributed by atoms with Gasteiger partial charge in [-0.3, -0.25) is 4.79 Å². The zero-order valence-corrected chi connectivity index (χ0v) is 9.83. The number of ether oxygens (including phenoxy) is 1. The quantitative estimate of drug-likeness (QED) is 0.761. The lowest BCUT2D eigenvalue weighted by Crippen LogP contribution is -2.16. The van der Waals surface area contributed by atoms with Crippen molar-refractivity contribution in [2.75, 3.05) is 6.61 Å². The summed E-state index contributed by atoms with van der Waals surface area (Å²) in [4.78, 5) is 12.0. The molecule has 1 saturated heterocycles. The largest absolute Gasteiger partial charge is 0.416 e. The van der Waals surface area contributed by atoms with Crippen LogP contribution >= 0.6 is 0 Å². The predicted octanol–water partition coefficient (Wildman–Crippen LogP) is 3.31. The van der Waals surface area contributed by atoms with Crippen LogP contribution in [0, 0.1) is 5.92 Å². The van der Waals surface area contributed by atoms with Crippen molar-refractivity contribution in [1.82, 2.24) is 0 Å². The normalized spacial score (nSPS) is 24.2. The number of rotatable bonds is 2. The Bertz CT molecular complexity index is 454. The van der Waals surface area contributed by atoms with Crippen molar-refractivity contribution in [3.05, 3.63) is 35.4 Å². The Kier molecular flexibility index (Phi) is 3.43. The lowest BCUT2D eigenvalue weighted by molar-refractivity contribution is -0.137. The Balaban J connectivity index is 2.21. The number of carbonyl (C=O) groups is 1. The van der Waals surface area contributed by atoms with Gasteiger partial charge in [-0.1, -0.05) is 12.1 Å². The third-order valence-electron chi connectivity index (χ3n) is 3.04. The lowest BCUT2D eigenvalue weighted by atomic mass is 9.94. The molecule has 1 aliphatic heterocycles. The van der Waals surface area contributed by atoms with Crippen molar-refractivity contribution < 1.29 is 22.7 Å². The maximum Gasteiger partial charge on any atom is 0.416 e. The highest BCUT2D eigenvalue weighted by atomic mass is 19.4. The molecule has 0 spiro atoms. The summed E-state index contributed by atoms with van der Waals surface area (Å²) in [5.41, 5.74) is -0.687. The summed E-state index contributed by atoms with van der Waals surface area (Å²) in [5.74, 6) is -0.603. The van der Waals surface area contributed by atoms with Crippen molar-refractivity contribution in [1.29, 1.82) is 0 Å². The number of ketones is 1. The van der Waals surface area contributed by atoms with Gasteiger partial charge in [0.05, 0.1) is 18.3 Å². The number of alkyl halides is 3. The van der Waals surface area contributed by atoms with Gasteiger partial charge in [-0.2, -0.15) is 13.2 Å². The Labute approximate surface area is 103 Å². The smallest absolute Gasteiger partial charge is 0.378 e. The van der Waals surface area contributed by atoms with Crippen LogP contribution in [0.2, 0.25) is 0 Å². The van der Waals surface area contributed by atoms with Gasteiger partial charge < -0.3 is 4.74 Å². The maximum atomic E-state index is 12.5. The highest BCUT2D eigenvalue weighted by Crippen LogP contribution is 2.31. The van der Waals surface area contributed by atoms with E-state index in [9.17, 15) is 18.0 Å². The summed E-state index contributed by atoms with van der Waals surface area (Å²) in [7, 11) is 0. The molecule has 1 aromatic carbocycles. The number of carbonyl (C=O) groups excluding carboxylic acids is 1. The monoisotopic (exact) mass is 258 g/mol. The van der Waals surface area contributed by atoms with Crippen molar-refractivity contribution in [2.45, 2.75) is 25.6 Å². The first-order chi connectivity index (χ1) is 8.38. The van der Waals surface area contributed by atoms with Crippen LogP contribution in [0.5, 0.6) is 0 Å². The zero-order chi connectivity index (χ0) is 13.3. The molecule has 2 nitrogen and oxygen atoms in total. The van der Waals surface area contributed by atoms with E-state index < -0.39 is 11.7 Å². The van der Waals surface area contributed by atoms with Gasteiger partial charge in [0.1, 0.15) is 0 Å². The highest BCUT2D eigenvalue weighted by molar-refractivity contribution is 5.98. The van der Waals surface area contributed by atoms with E-state index in [4.69, 9.17) is 4.74 Å². The third kappa shape index (κ3) is 2.72. The second-order valence-corrected chi connectivity index (χ2v) is 4.52. The van der Waals surface area contributed by atoms with E-state index in [1.807, 2.05) is 6.92 Å². The van der Waals surface area contributed by atoms with E-state index >= 15 is 0 Å². The second-order valence-electron chi connectivity index (χ2n) is 4.52. The van der Waals surface area contributed by atoms with Gasteiger partial charge in [-0.25, -0.2) is 0 Å². The molecule has 2 unspecified atom stereocenters. The number of halogens is 3. The van der Waals surface area contributed by atoms with Gasteiger partial charge in [-0.15, -0.1) is 0 Å².